The molecule has 0 aliphatic heterocycles. The predicted octanol–water partition coefficient (Wildman–Crippen LogP) is 3.37. The number of aromatic nitrogens is 1. The van der Waals surface area contributed by atoms with E-state index in [1.807, 2.05) is 0 Å². The minimum absolute atomic E-state index is 0.0126. The van der Waals surface area contributed by atoms with Crippen LogP contribution in [0.25, 0.3) is 0 Å². The number of aryl methyl sites for hydroxylation is 1. The Labute approximate surface area is 104 Å². The predicted molar refractivity (Wildman–Crippen MR) is 56.1 cm³/mol. The first-order chi connectivity index (χ1) is 8.80. The lowest BCUT2D eigenvalue weighted by molar-refractivity contribution is -0.137. The van der Waals surface area contributed by atoms with Crippen LogP contribution in [0.2, 0.25) is 0 Å². The van der Waals surface area contributed by atoms with E-state index in [1.165, 1.54) is 6.92 Å². The third-order valence-electron chi connectivity index (χ3n) is 2.54. The van der Waals surface area contributed by atoms with Gasteiger partial charge >= 0.3 is 6.18 Å². The first-order valence-electron chi connectivity index (χ1n) is 5.13. The fourth-order valence-corrected chi connectivity index (χ4v) is 1.54. The standard InChI is InChI=1S/C12H7F4NO2/c1-6-9(5-17-19-6)11(18)8-3-2-7(4-10(8)13)12(14,15)16/h2-5H,1H3. The summed E-state index contributed by atoms with van der Waals surface area (Å²) in [6, 6.07) is 1.74. The summed E-state index contributed by atoms with van der Waals surface area (Å²) in [5.74, 6) is -1.84. The summed E-state index contributed by atoms with van der Waals surface area (Å²) in [6.45, 7) is 1.45. The van der Waals surface area contributed by atoms with Gasteiger partial charge in [-0.05, 0) is 25.1 Å². The minimum atomic E-state index is -4.66. The zero-order chi connectivity index (χ0) is 14.2. The fraction of sp³-hybridized carbons (Fsp3) is 0.167. The molecule has 0 saturated carbocycles. The van der Waals surface area contributed by atoms with Crippen LogP contribution in [0.1, 0.15) is 27.2 Å². The van der Waals surface area contributed by atoms with Crippen molar-refractivity contribution < 1.29 is 26.9 Å². The molecule has 0 N–H and O–H groups in total. The zero-order valence-electron chi connectivity index (χ0n) is 9.58. The number of alkyl halides is 3. The van der Waals surface area contributed by atoms with Crippen molar-refractivity contribution in [3.05, 3.63) is 52.7 Å². The average molecular weight is 273 g/mol. The maximum Gasteiger partial charge on any atom is 0.416 e. The van der Waals surface area contributed by atoms with Gasteiger partial charge in [-0.15, -0.1) is 0 Å². The molecular weight excluding hydrogens is 266 g/mol. The molecular formula is C12H7F4NO2. The topological polar surface area (TPSA) is 43.1 Å². The van der Waals surface area contributed by atoms with E-state index in [0.29, 0.717) is 6.07 Å². The molecule has 1 heterocycles. The molecule has 7 heteroatoms. The van der Waals surface area contributed by atoms with Crippen molar-refractivity contribution in [2.45, 2.75) is 13.1 Å². The summed E-state index contributed by atoms with van der Waals surface area (Å²) in [5, 5.41) is 3.36. The van der Waals surface area contributed by atoms with E-state index in [9.17, 15) is 22.4 Å². The molecule has 1 aromatic carbocycles. The molecule has 3 nitrogen and oxygen atoms in total. The Balaban J connectivity index is 2.43. The minimum Gasteiger partial charge on any atom is -0.361 e. The Hall–Kier alpha value is -2.18. The maximum atomic E-state index is 13.6. The van der Waals surface area contributed by atoms with Crippen LogP contribution in [-0.2, 0) is 6.18 Å². The number of carbonyl (C=O) groups is 1. The van der Waals surface area contributed by atoms with Gasteiger partial charge in [0.05, 0.1) is 22.9 Å². The highest BCUT2D eigenvalue weighted by Gasteiger charge is 2.32. The van der Waals surface area contributed by atoms with E-state index in [2.05, 4.69) is 9.68 Å². The van der Waals surface area contributed by atoms with Gasteiger partial charge in [-0.2, -0.15) is 13.2 Å². The Morgan fingerprint density at radius 3 is 2.42 bits per heavy atom. The van der Waals surface area contributed by atoms with Crippen LogP contribution >= 0.6 is 0 Å². The van der Waals surface area contributed by atoms with Gasteiger partial charge < -0.3 is 4.52 Å². The van der Waals surface area contributed by atoms with Crippen molar-refractivity contribution in [3.63, 3.8) is 0 Å². The third-order valence-corrected chi connectivity index (χ3v) is 2.54. The molecule has 2 aromatic rings. The molecule has 0 unspecified atom stereocenters. The molecule has 0 aliphatic carbocycles. The number of ketones is 1. The van der Waals surface area contributed by atoms with Crippen molar-refractivity contribution in [2.75, 3.05) is 0 Å². The molecule has 0 spiro atoms. The van der Waals surface area contributed by atoms with E-state index in [-0.39, 0.29) is 17.4 Å². The van der Waals surface area contributed by atoms with Crippen molar-refractivity contribution >= 4 is 5.78 Å². The molecule has 19 heavy (non-hydrogen) atoms. The number of halogens is 4. The summed E-state index contributed by atoms with van der Waals surface area (Å²) in [7, 11) is 0. The summed E-state index contributed by atoms with van der Waals surface area (Å²) in [5.41, 5.74) is -1.60. The number of nitrogens with zero attached hydrogens (tertiary/aromatic N) is 1. The number of benzene rings is 1. The zero-order valence-corrected chi connectivity index (χ0v) is 9.58. The van der Waals surface area contributed by atoms with Crippen LogP contribution in [-0.4, -0.2) is 10.9 Å². The lowest BCUT2D eigenvalue weighted by Gasteiger charge is -2.08. The molecule has 1 aromatic heterocycles. The van der Waals surface area contributed by atoms with Gasteiger partial charge in [0.15, 0.2) is 0 Å². The van der Waals surface area contributed by atoms with Gasteiger partial charge in [0.2, 0.25) is 5.78 Å². The number of carbonyl (C=O) groups excluding carboxylic acids is 1. The van der Waals surface area contributed by atoms with E-state index in [1.54, 1.807) is 0 Å². The molecule has 0 atom stereocenters. The van der Waals surface area contributed by atoms with Crippen LogP contribution < -0.4 is 0 Å². The first kappa shape index (κ1) is 13.3. The summed E-state index contributed by atoms with van der Waals surface area (Å²) < 4.78 is 55.3. The first-order valence-corrected chi connectivity index (χ1v) is 5.13. The van der Waals surface area contributed by atoms with E-state index in [4.69, 9.17) is 0 Å². The van der Waals surface area contributed by atoms with Gasteiger partial charge in [-0.1, -0.05) is 5.16 Å². The number of hydrogen-bond donors (Lipinski definition) is 0. The fourth-order valence-electron chi connectivity index (χ4n) is 1.54. The second kappa shape index (κ2) is 4.49. The summed E-state index contributed by atoms with van der Waals surface area (Å²) in [6.07, 6.45) is -3.57. The van der Waals surface area contributed by atoms with Gasteiger partial charge in [0.25, 0.3) is 0 Å². The van der Waals surface area contributed by atoms with Crippen LogP contribution in [0.15, 0.2) is 28.9 Å². The van der Waals surface area contributed by atoms with Gasteiger partial charge in [0.1, 0.15) is 11.6 Å². The average Bonchev–Trinajstić information content (AvgIpc) is 2.73. The Kier molecular flexibility index (Phi) is 3.13. The molecule has 0 radical (unpaired) electrons. The highest BCUT2D eigenvalue weighted by molar-refractivity contribution is 6.09. The Morgan fingerprint density at radius 1 is 1.26 bits per heavy atom. The highest BCUT2D eigenvalue weighted by atomic mass is 19.4. The van der Waals surface area contributed by atoms with Crippen LogP contribution in [0.3, 0.4) is 0 Å². The lowest BCUT2D eigenvalue weighted by atomic mass is 10.0. The molecule has 0 amide bonds. The van der Waals surface area contributed by atoms with Crippen molar-refractivity contribution in [2.24, 2.45) is 0 Å². The maximum absolute atomic E-state index is 13.6. The second-order valence-corrected chi connectivity index (χ2v) is 3.82. The Morgan fingerprint density at radius 2 is 1.95 bits per heavy atom. The van der Waals surface area contributed by atoms with E-state index in [0.717, 1.165) is 12.3 Å². The van der Waals surface area contributed by atoms with Gasteiger partial charge in [-0.3, -0.25) is 4.79 Å². The molecule has 2 rings (SSSR count). The number of rotatable bonds is 2. The molecule has 0 saturated heterocycles. The van der Waals surface area contributed by atoms with Crippen LogP contribution in [0.4, 0.5) is 17.6 Å². The third kappa shape index (κ3) is 2.49. The SMILES string of the molecule is Cc1oncc1C(=O)c1ccc(C(F)(F)F)cc1F. The number of hydrogen-bond acceptors (Lipinski definition) is 3. The second-order valence-electron chi connectivity index (χ2n) is 3.82. The molecule has 0 aliphatic rings. The van der Waals surface area contributed by atoms with E-state index >= 15 is 0 Å². The lowest BCUT2D eigenvalue weighted by Crippen LogP contribution is -2.09. The largest absolute Gasteiger partial charge is 0.416 e. The quantitative estimate of drug-likeness (QED) is 0.622. The Bertz CT molecular complexity index is 631. The smallest absolute Gasteiger partial charge is 0.361 e. The monoisotopic (exact) mass is 273 g/mol. The van der Waals surface area contributed by atoms with Gasteiger partial charge in [-0.25, -0.2) is 4.39 Å². The van der Waals surface area contributed by atoms with Crippen LogP contribution in [0, 0.1) is 12.7 Å². The van der Waals surface area contributed by atoms with Crippen molar-refractivity contribution in [1.82, 2.24) is 5.16 Å². The van der Waals surface area contributed by atoms with Crippen LogP contribution in [0.5, 0.6) is 0 Å². The van der Waals surface area contributed by atoms with E-state index < -0.39 is 28.9 Å². The normalized spacial score (nSPS) is 11.6. The van der Waals surface area contributed by atoms with Gasteiger partial charge in [0, 0.05) is 0 Å². The summed E-state index contributed by atoms with van der Waals surface area (Å²) >= 11 is 0. The molecule has 0 bridgehead atoms. The van der Waals surface area contributed by atoms with Crippen molar-refractivity contribution in [3.8, 4) is 0 Å². The summed E-state index contributed by atoms with van der Waals surface area (Å²) in [4.78, 5) is 11.9. The highest BCUT2D eigenvalue weighted by Crippen LogP contribution is 2.30. The molecule has 100 valence electrons. The van der Waals surface area contributed by atoms with Crippen molar-refractivity contribution in [1.29, 1.82) is 0 Å². The molecule has 0 fully saturated rings.